The van der Waals surface area contributed by atoms with Crippen LogP contribution >= 0.6 is 0 Å². The van der Waals surface area contributed by atoms with Gasteiger partial charge in [-0.1, -0.05) is 36.4 Å². The van der Waals surface area contributed by atoms with Crippen molar-refractivity contribution in [2.75, 3.05) is 26.2 Å². The largest absolute Gasteiger partial charge is 0.349 e. The van der Waals surface area contributed by atoms with Gasteiger partial charge in [-0.25, -0.2) is 0 Å². The van der Waals surface area contributed by atoms with E-state index in [1.54, 1.807) is 13.1 Å². The van der Waals surface area contributed by atoms with Gasteiger partial charge in [0.2, 0.25) is 11.8 Å². The third-order valence-corrected chi connectivity index (χ3v) is 6.15. The normalized spacial score (nSPS) is 26.0. The molecule has 2 aliphatic heterocycles. The van der Waals surface area contributed by atoms with Crippen molar-refractivity contribution in [3.05, 3.63) is 66.0 Å². The third-order valence-electron chi connectivity index (χ3n) is 6.15. The number of carbonyl (C=O) groups is 2. The number of piperidine rings is 1. The molecule has 158 valence electrons. The number of likely N-dealkylation sites (tertiary alicyclic amines) is 1. The molecule has 3 atom stereocenters. The second kappa shape index (κ2) is 8.93. The van der Waals surface area contributed by atoms with Crippen LogP contribution in [0.4, 0.5) is 0 Å². The zero-order valence-corrected chi connectivity index (χ0v) is 17.3. The number of rotatable bonds is 6. The first kappa shape index (κ1) is 20.5. The summed E-state index contributed by atoms with van der Waals surface area (Å²) in [4.78, 5) is 31.3. The second-order valence-electron chi connectivity index (χ2n) is 8.27. The van der Waals surface area contributed by atoms with Crippen molar-refractivity contribution in [1.82, 2.24) is 25.8 Å². The second-order valence-corrected chi connectivity index (χ2v) is 8.27. The Morgan fingerprint density at radius 1 is 1.20 bits per heavy atom. The van der Waals surface area contributed by atoms with E-state index in [0.29, 0.717) is 19.6 Å². The van der Waals surface area contributed by atoms with Crippen LogP contribution in [0.5, 0.6) is 0 Å². The first-order valence-electron chi connectivity index (χ1n) is 10.5. The monoisotopic (exact) mass is 407 g/mol. The van der Waals surface area contributed by atoms with Crippen molar-refractivity contribution in [3.8, 4) is 0 Å². The summed E-state index contributed by atoms with van der Waals surface area (Å²) in [5, 5.41) is 9.66. The molecule has 3 N–H and O–H groups in total. The van der Waals surface area contributed by atoms with Gasteiger partial charge in [-0.3, -0.25) is 19.5 Å². The minimum absolute atomic E-state index is 0.0306. The zero-order chi connectivity index (χ0) is 21.0. The van der Waals surface area contributed by atoms with Crippen LogP contribution in [0.1, 0.15) is 30.6 Å². The summed E-state index contributed by atoms with van der Waals surface area (Å²) in [5.41, 5.74) is 1.65. The van der Waals surface area contributed by atoms with Crippen LogP contribution in [-0.2, 0) is 16.1 Å². The van der Waals surface area contributed by atoms with Crippen LogP contribution in [0.25, 0.3) is 0 Å². The Labute approximate surface area is 177 Å². The van der Waals surface area contributed by atoms with E-state index in [1.165, 1.54) is 5.56 Å². The van der Waals surface area contributed by atoms with Crippen molar-refractivity contribution in [2.45, 2.75) is 31.5 Å². The number of pyridine rings is 1. The number of fused-ring (bicyclic) bond motifs is 1. The molecule has 2 aliphatic rings. The van der Waals surface area contributed by atoms with Crippen LogP contribution < -0.4 is 16.0 Å². The lowest BCUT2D eigenvalue weighted by molar-refractivity contribution is -0.122. The molecule has 7 nitrogen and oxygen atoms in total. The van der Waals surface area contributed by atoms with E-state index >= 15 is 0 Å². The van der Waals surface area contributed by atoms with Crippen molar-refractivity contribution >= 4 is 11.8 Å². The average Bonchev–Trinajstić information content (AvgIpc) is 3.06. The van der Waals surface area contributed by atoms with Crippen LogP contribution in [0, 0.1) is 5.92 Å². The molecule has 2 aromatic rings. The highest BCUT2D eigenvalue weighted by Gasteiger charge is 2.54. The molecule has 0 spiro atoms. The summed E-state index contributed by atoms with van der Waals surface area (Å²) in [7, 11) is 0. The average molecular weight is 408 g/mol. The molecule has 1 aromatic heterocycles. The molecular weight excluding hydrogens is 378 g/mol. The molecule has 1 aromatic carbocycles. The molecule has 4 rings (SSSR count). The van der Waals surface area contributed by atoms with E-state index in [4.69, 9.17) is 0 Å². The molecule has 30 heavy (non-hydrogen) atoms. The summed E-state index contributed by atoms with van der Waals surface area (Å²) in [5.74, 6) is 0.178. The molecule has 0 radical (unpaired) electrons. The van der Waals surface area contributed by atoms with Crippen LogP contribution in [0.15, 0.2) is 54.7 Å². The van der Waals surface area contributed by atoms with E-state index < -0.39 is 0 Å². The molecule has 2 saturated heterocycles. The number of nitrogens with zero attached hydrogens (tertiary/aromatic N) is 2. The number of nitrogens with one attached hydrogen (secondary N) is 3. The Bertz CT molecular complexity index is 876. The van der Waals surface area contributed by atoms with Gasteiger partial charge in [0, 0.05) is 38.2 Å². The first-order chi connectivity index (χ1) is 14.6. The van der Waals surface area contributed by atoms with Gasteiger partial charge in [-0.05, 0) is 30.7 Å². The molecule has 2 fully saturated rings. The fraction of sp³-hybridized carbons (Fsp3) is 0.435. The van der Waals surface area contributed by atoms with E-state index in [1.807, 2.05) is 36.4 Å². The van der Waals surface area contributed by atoms with Gasteiger partial charge in [0.1, 0.15) is 0 Å². The highest BCUT2D eigenvalue weighted by Crippen LogP contribution is 2.45. The molecule has 3 heterocycles. The van der Waals surface area contributed by atoms with Gasteiger partial charge in [0.15, 0.2) is 0 Å². The molecule has 2 amide bonds. The van der Waals surface area contributed by atoms with Crippen molar-refractivity contribution in [1.29, 1.82) is 0 Å². The van der Waals surface area contributed by atoms with Gasteiger partial charge in [0.05, 0.1) is 24.3 Å². The molecule has 0 unspecified atom stereocenters. The summed E-state index contributed by atoms with van der Waals surface area (Å²) in [6.07, 6.45) is 2.67. The maximum Gasteiger partial charge on any atom is 0.234 e. The van der Waals surface area contributed by atoms with Crippen LogP contribution in [0.2, 0.25) is 0 Å². The SMILES string of the molecule is CC(=O)N[C@@]12CNCC[C@@H]1[C@@H](c1ccccc1)N(CC(=O)NCc1ccccn1)C2. The number of benzene rings is 1. The lowest BCUT2D eigenvalue weighted by Crippen LogP contribution is -2.62. The molecule has 7 heteroatoms. The lowest BCUT2D eigenvalue weighted by Gasteiger charge is -2.41. The van der Waals surface area contributed by atoms with Gasteiger partial charge in [0.25, 0.3) is 0 Å². The lowest BCUT2D eigenvalue weighted by atomic mass is 9.76. The molecule has 0 bridgehead atoms. The Hall–Kier alpha value is -2.77. The van der Waals surface area contributed by atoms with Crippen molar-refractivity contribution in [2.24, 2.45) is 5.92 Å². The summed E-state index contributed by atoms with van der Waals surface area (Å²) in [6, 6.07) is 16.1. The Morgan fingerprint density at radius 3 is 2.73 bits per heavy atom. The van der Waals surface area contributed by atoms with E-state index in [-0.39, 0.29) is 35.9 Å². The Balaban J connectivity index is 1.54. The number of aromatic nitrogens is 1. The maximum atomic E-state index is 12.8. The van der Waals surface area contributed by atoms with Gasteiger partial charge < -0.3 is 16.0 Å². The van der Waals surface area contributed by atoms with Crippen LogP contribution in [0.3, 0.4) is 0 Å². The summed E-state index contributed by atoms with van der Waals surface area (Å²) >= 11 is 0. The minimum atomic E-state index is -0.369. The van der Waals surface area contributed by atoms with Crippen LogP contribution in [-0.4, -0.2) is 53.4 Å². The fourth-order valence-corrected chi connectivity index (χ4v) is 5.03. The number of hydrogen-bond acceptors (Lipinski definition) is 5. The predicted octanol–water partition coefficient (Wildman–Crippen LogP) is 1.24. The number of amides is 2. The highest BCUT2D eigenvalue weighted by atomic mass is 16.2. The smallest absolute Gasteiger partial charge is 0.234 e. The highest BCUT2D eigenvalue weighted by molar-refractivity contribution is 5.78. The summed E-state index contributed by atoms with van der Waals surface area (Å²) < 4.78 is 0. The van der Waals surface area contributed by atoms with E-state index in [2.05, 4.69) is 38.0 Å². The molecule has 0 aliphatic carbocycles. The van der Waals surface area contributed by atoms with E-state index in [9.17, 15) is 9.59 Å². The Morgan fingerprint density at radius 2 is 2.00 bits per heavy atom. The Kier molecular flexibility index (Phi) is 6.11. The predicted molar refractivity (Wildman–Crippen MR) is 114 cm³/mol. The van der Waals surface area contributed by atoms with Gasteiger partial charge >= 0.3 is 0 Å². The number of hydrogen-bond donors (Lipinski definition) is 3. The molecule has 0 saturated carbocycles. The van der Waals surface area contributed by atoms with Crippen molar-refractivity contribution in [3.63, 3.8) is 0 Å². The fourth-order valence-electron chi connectivity index (χ4n) is 5.03. The summed E-state index contributed by atoms with van der Waals surface area (Å²) in [6.45, 7) is 4.53. The standard InChI is InChI=1S/C23H29N5O2/c1-17(29)27-23-15-24-12-10-20(23)22(18-7-3-2-4-8-18)28(16-23)14-21(30)26-13-19-9-5-6-11-25-19/h2-9,11,20,22,24H,10,12-16H2,1H3,(H,26,30)(H,27,29)/t20-,22-,23-/m1/s1. The first-order valence-corrected chi connectivity index (χ1v) is 10.5. The van der Waals surface area contributed by atoms with Gasteiger partial charge in [-0.2, -0.15) is 0 Å². The zero-order valence-electron chi connectivity index (χ0n) is 17.3. The number of carbonyl (C=O) groups excluding carboxylic acids is 2. The third kappa shape index (κ3) is 4.37. The van der Waals surface area contributed by atoms with Crippen molar-refractivity contribution < 1.29 is 9.59 Å². The minimum Gasteiger partial charge on any atom is -0.349 e. The quantitative estimate of drug-likeness (QED) is 0.671. The maximum absolute atomic E-state index is 12.8. The van der Waals surface area contributed by atoms with E-state index in [0.717, 1.165) is 18.7 Å². The van der Waals surface area contributed by atoms with Gasteiger partial charge in [-0.15, -0.1) is 0 Å². The molecular formula is C23H29N5O2. The topological polar surface area (TPSA) is 86.4 Å².